The zero-order chi connectivity index (χ0) is 23.0. The molecular formula is C21H19F2N5O4. The minimum Gasteiger partial charge on any atom is -0.467 e. The number of carbonyl (C=O) groups excluding carboxylic acids is 1. The van der Waals surface area contributed by atoms with Gasteiger partial charge in [0.1, 0.15) is 17.8 Å². The van der Waals surface area contributed by atoms with E-state index < -0.39 is 35.3 Å². The van der Waals surface area contributed by atoms with Gasteiger partial charge >= 0.3 is 5.69 Å². The van der Waals surface area contributed by atoms with Gasteiger partial charge in [0.2, 0.25) is 5.91 Å². The van der Waals surface area contributed by atoms with Gasteiger partial charge in [-0.15, -0.1) is 0 Å². The molecule has 0 aliphatic rings. The second-order valence-electron chi connectivity index (χ2n) is 7.11. The topological polar surface area (TPSA) is 104 Å². The Labute approximate surface area is 179 Å². The Morgan fingerprint density at radius 3 is 2.56 bits per heavy atom. The van der Waals surface area contributed by atoms with Crippen LogP contribution in [0, 0.1) is 18.6 Å². The number of fused-ring (bicyclic) bond motifs is 1. The highest BCUT2D eigenvalue weighted by atomic mass is 19.2. The van der Waals surface area contributed by atoms with E-state index in [1.807, 2.05) is 0 Å². The Balaban J connectivity index is 1.81. The Hall–Kier alpha value is -4.02. The lowest BCUT2D eigenvalue weighted by atomic mass is 10.3. The second kappa shape index (κ2) is 8.25. The predicted octanol–water partition coefficient (Wildman–Crippen LogP) is 2.25. The van der Waals surface area contributed by atoms with Crippen molar-refractivity contribution >= 4 is 22.6 Å². The van der Waals surface area contributed by atoms with E-state index in [4.69, 9.17) is 4.42 Å². The molecule has 1 N–H and O–H groups in total. The molecular weight excluding hydrogens is 424 g/mol. The summed E-state index contributed by atoms with van der Waals surface area (Å²) >= 11 is 0. The molecule has 1 aromatic carbocycles. The number of nitrogens with one attached hydrogen (secondary N) is 1. The lowest BCUT2D eigenvalue weighted by molar-refractivity contribution is -0.116. The first-order valence-corrected chi connectivity index (χ1v) is 9.78. The van der Waals surface area contributed by atoms with Crippen molar-refractivity contribution in [3.05, 3.63) is 80.5 Å². The molecule has 11 heteroatoms. The van der Waals surface area contributed by atoms with Gasteiger partial charge in [0.25, 0.3) is 5.56 Å². The number of hydrogen-bond acceptors (Lipinski definition) is 5. The summed E-state index contributed by atoms with van der Waals surface area (Å²) in [5, 5.41) is 6.75. The number of nitrogens with zero attached hydrogens (tertiary/aromatic N) is 4. The first-order chi connectivity index (χ1) is 15.3. The number of carbonyl (C=O) groups is 1. The molecule has 0 saturated carbocycles. The molecule has 0 atom stereocenters. The van der Waals surface area contributed by atoms with Crippen LogP contribution in [0.5, 0.6) is 0 Å². The minimum atomic E-state index is -1.12. The van der Waals surface area contributed by atoms with Gasteiger partial charge in [0.05, 0.1) is 18.5 Å². The quantitative estimate of drug-likeness (QED) is 0.492. The summed E-state index contributed by atoms with van der Waals surface area (Å²) in [6, 6.07) is 6.18. The van der Waals surface area contributed by atoms with Crippen molar-refractivity contribution in [3.8, 4) is 0 Å². The number of anilines is 1. The summed E-state index contributed by atoms with van der Waals surface area (Å²) in [6.45, 7) is 3.21. The van der Waals surface area contributed by atoms with Crippen LogP contribution < -0.4 is 16.6 Å². The van der Waals surface area contributed by atoms with Crippen LogP contribution in [-0.2, 0) is 24.4 Å². The van der Waals surface area contributed by atoms with E-state index in [-0.39, 0.29) is 23.3 Å². The van der Waals surface area contributed by atoms with Crippen molar-refractivity contribution in [2.24, 2.45) is 0 Å². The Morgan fingerprint density at radius 2 is 1.91 bits per heavy atom. The molecule has 0 radical (unpaired) electrons. The van der Waals surface area contributed by atoms with E-state index in [1.54, 1.807) is 26.0 Å². The van der Waals surface area contributed by atoms with E-state index in [1.165, 1.54) is 17.0 Å². The number of aryl methyl sites for hydroxylation is 2. The zero-order valence-electron chi connectivity index (χ0n) is 17.3. The number of benzene rings is 1. The maximum Gasteiger partial charge on any atom is 0.332 e. The molecule has 0 aliphatic carbocycles. The van der Waals surface area contributed by atoms with E-state index in [0.29, 0.717) is 18.0 Å². The molecule has 0 unspecified atom stereocenters. The lowest BCUT2D eigenvalue weighted by Crippen LogP contribution is -2.42. The lowest BCUT2D eigenvalue weighted by Gasteiger charge is -2.13. The van der Waals surface area contributed by atoms with Crippen LogP contribution in [0.15, 0.2) is 50.6 Å². The van der Waals surface area contributed by atoms with Crippen LogP contribution in [0.2, 0.25) is 0 Å². The third-order valence-electron chi connectivity index (χ3n) is 4.97. The van der Waals surface area contributed by atoms with Gasteiger partial charge in [-0.25, -0.2) is 13.6 Å². The third kappa shape index (κ3) is 3.72. The Bertz CT molecular complexity index is 1430. The average Bonchev–Trinajstić information content (AvgIpc) is 3.38. The Morgan fingerprint density at radius 1 is 1.12 bits per heavy atom. The predicted molar refractivity (Wildman–Crippen MR) is 111 cm³/mol. The third-order valence-corrected chi connectivity index (χ3v) is 4.97. The molecule has 3 aromatic heterocycles. The summed E-state index contributed by atoms with van der Waals surface area (Å²) in [4.78, 5) is 39.0. The van der Waals surface area contributed by atoms with Crippen molar-refractivity contribution in [2.75, 3.05) is 5.32 Å². The largest absolute Gasteiger partial charge is 0.467 e. The molecule has 4 aromatic rings. The minimum absolute atomic E-state index is 0.0306. The number of furan rings is 1. The van der Waals surface area contributed by atoms with E-state index >= 15 is 0 Å². The number of hydrogen-bond donors (Lipinski definition) is 1. The molecule has 0 spiro atoms. The number of rotatable bonds is 6. The van der Waals surface area contributed by atoms with E-state index in [0.717, 1.165) is 21.3 Å². The SMILES string of the molecule is CCn1nc(C)c2c1c(=O)n(Cc1ccco1)c(=O)n2CC(=O)Nc1ccc(F)c(F)c1. The molecule has 0 saturated heterocycles. The number of amides is 1. The van der Waals surface area contributed by atoms with Crippen LogP contribution in [0.25, 0.3) is 11.0 Å². The van der Waals surface area contributed by atoms with Gasteiger partial charge < -0.3 is 9.73 Å². The fourth-order valence-corrected chi connectivity index (χ4v) is 3.55. The van der Waals surface area contributed by atoms with Gasteiger partial charge in [-0.3, -0.25) is 23.4 Å². The Kier molecular flexibility index (Phi) is 5.47. The normalized spacial score (nSPS) is 11.2. The van der Waals surface area contributed by atoms with Crippen LogP contribution in [0.4, 0.5) is 14.5 Å². The zero-order valence-corrected chi connectivity index (χ0v) is 17.3. The summed E-state index contributed by atoms with van der Waals surface area (Å²) in [5.41, 5.74) is -0.432. The molecule has 1 amide bonds. The van der Waals surface area contributed by atoms with E-state index in [9.17, 15) is 23.2 Å². The van der Waals surface area contributed by atoms with E-state index in [2.05, 4.69) is 10.4 Å². The van der Waals surface area contributed by atoms with Crippen LogP contribution in [0.1, 0.15) is 18.4 Å². The first-order valence-electron chi connectivity index (χ1n) is 9.78. The van der Waals surface area contributed by atoms with Crippen molar-refractivity contribution < 1.29 is 18.0 Å². The van der Waals surface area contributed by atoms with Gasteiger partial charge in [0.15, 0.2) is 17.2 Å². The van der Waals surface area contributed by atoms with Crippen LogP contribution in [0.3, 0.4) is 0 Å². The summed E-state index contributed by atoms with van der Waals surface area (Å²) in [7, 11) is 0. The maximum atomic E-state index is 13.5. The van der Waals surface area contributed by atoms with Gasteiger partial charge in [-0.05, 0) is 38.1 Å². The smallest absolute Gasteiger partial charge is 0.332 e. The monoisotopic (exact) mass is 443 g/mol. The highest BCUT2D eigenvalue weighted by Crippen LogP contribution is 2.16. The molecule has 0 bridgehead atoms. The van der Waals surface area contributed by atoms with Gasteiger partial charge in [-0.1, -0.05) is 0 Å². The van der Waals surface area contributed by atoms with Gasteiger partial charge in [-0.2, -0.15) is 5.10 Å². The molecule has 32 heavy (non-hydrogen) atoms. The number of aromatic nitrogens is 4. The standard InChI is InChI=1S/C21H19F2N5O4/c1-3-28-19-18(12(2)25-28)26(11-17(29)24-13-6-7-15(22)16(23)9-13)21(31)27(20(19)30)10-14-5-4-8-32-14/h4-9H,3,10-11H2,1-2H3,(H,24,29). The summed E-state index contributed by atoms with van der Waals surface area (Å²) in [5.74, 6) is -2.44. The highest BCUT2D eigenvalue weighted by Gasteiger charge is 2.22. The average molecular weight is 443 g/mol. The molecule has 0 fully saturated rings. The summed E-state index contributed by atoms with van der Waals surface area (Å²) in [6.07, 6.45) is 1.42. The second-order valence-corrected chi connectivity index (χ2v) is 7.11. The van der Waals surface area contributed by atoms with Gasteiger partial charge in [0, 0.05) is 18.3 Å². The fraction of sp³-hybridized carbons (Fsp3) is 0.238. The molecule has 166 valence electrons. The molecule has 3 heterocycles. The van der Waals surface area contributed by atoms with Crippen molar-refractivity contribution in [1.82, 2.24) is 18.9 Å². The summed E-state index contributed by atoms with van der Waals surface area (Å²) < 4.78 is 35.5. The first kappa shape index (κ1) is 21.2. The molecule has 9 nitrogen and oxygen atoms in total. The number of halogens is 2. The fourth-order valence-electron chi connectivity index (χ4n) is 3.55. The molecule has 4 rings (SSSR count). The maximum absolute atomic E-state index is 13.5. The van der Waals surface area contributed by atoms with Crippen molar-refractivity contribution in [3.63, 3.8) is 0 Å². The van der Waals surface area contributed by atoms with Crippen molar-refractivity contribution in [2.45, 2.75) is 33.5 Å². The molecule has 0 aliphatic heterocycles. The van der Waals surface area contributed by atoms with Crippen molar-refractivity contribution in [1.29, 1.82) is 0 Å². The van der Waals surface area contributed by atoms with Crippen LogP contribution in [-0.4, -0.2) is 24.8 Å². The highest BCUT2D eigenvalue weighted by molar-refractivity contribution is 5.91. The van der Waals surface area contributed by atoms with Crippen LogP contribution >= 0.6 is 0 Å².